The Hall–Kier alpha value is -4.15. The lowest BCUT2D eigenvalue weighted by Crippen LogP contribution is -2.44. The van der Waals surface area contributed by atoms with E-state index in [1.54, 1.807) is 6.07 Å². The number of alkyl halides is 2. The Kier molecular flexibility index (Phi) is 11.0. The van der Waals surface area contributed by atoms with Crippen LogP contribution in [0.4, 0.5) is 35.4 Å². The monoisotopic (exact) mass is 768 g/mol. The summed E-state index contributed by atoms with van der Waals surface area (Å²) >= 11 is 25.3. The van der Waals surface area contributed by atoms with Gasteiger partial charge in [-0.25, -0.2) is 18.4 Å². The van der Waals surface area contributed by atoms with Gasteiger partial charge in [0.05, 0.1) is 33.8 Å². The number of imide groups is 1. The van der Waals surface area contributed by atoms with Gasteiger partial charge in [-0.2, -0.15) is 10.2 Å². The van der Waals surface area contributed by atoms with Crippen LogP contribution in [0.25, 0.3) is 0 Å². The molecule has 0 radical (unpaired) electrons. The molecule has 1 fully saturated rings. The van der Waals surface area contributed by atoms with Gasteiger partial charge in [0.2, 0.25) is 5.91 Å². The number of hydrogen-bond donors (Lipinski definition) is 2. The third-order valence-corrected chi connectivity index (χ3v) is 8.40. The molecule has 0 bridgehead atoms. The summed E-state index contributed by atoms with van der Waals surface area (Å²) in [5, 5.41) is 14.3. The molecule has 1 aliphatic rings. The molecule has 1 aliphatic carbocycles. The Morgan fingerprint density at radius 3 is 2.04 bits per heavy atom. The van der Waals surface area contributed by atoms with E-state index in [9.17, 15) is 24.4 Å². The number of carbonyl (C=O) groups is 4. The van der Waals surface area contributed by atoms with Crippen molar-refractivity contribution in [3.63, 3.8) is 0 Å². The van der Waals surface area contributed by atoms with E-state index in [1.165, 1.54) is 71.9 Å². The van der Waals surface area contributed by atoms with E-state index in [1.807, 2.05) is 6.07 Å². The summed E-state index contributed by atoms with van der Waals surface area (Å²) in [6, 6.07) is 12.0. The fraction of sp³-hybridized carbons (Fsp3) is 0.324. The van der Waals surface area contributed by atoms with Crippen LogP contribution in [0.1, 0.15) is 68.9 Å². The molecule has 3 aromatic carbocycles. The highest BCUT2D eigenvalue weighted by molar-refractivity contribution is 6.53. The molecule has 2 unspecified atom stereocenters. The lowest BCUT2D eigenvalue weighted by molar-refractivity contribution is -0.117. The fourth-order valence-corrected chi connectivity index (χ4v) is 6.10. The van der Waals surface area contributed by atoms with E-state index >= 15 is 8.78 Å². The molecule has 2 atom stereocenters. The third-order valence-electron chi connectivity index (χ3n) is 6.91. The molecule has 1 saturated carbocycles. The SMILES string of the molecule is CC(C)(C)OC(=O)N(C(=O)OC(C)(C)C)c1c(F)ccc(NC(=O)c2cc(NC(=O)C3C(c4cc(Cl)cc(C#N)c4)C3(Cl)Cl)ccc2Cl)c1F. The first-order valence-electron chi connectivity index (χ1n) is 14.8. The number of nitrogens with zero attached hydrogens (tertiary/aromatic N) is 2. The van der Waals surface area contributed by atoms with Gasteiger partial charge in [0.25, 0.3) is 5.91 Å². The van der Waals surface area contributed by atoms with Crippen molar-refractivity contribution < 1.29 is 37.4 Å². The largest absolute Gasteiger partial charge is 0.443 e. The minimum Gasteiger partial charge on any atom is -0.443 e. The Labute approximate surface area is 306 Å². The molecule has 4 amide bonds. The Morgan fingerprint density at radius 2 is 1.48 bits per heavy atom. The van der Waals surface area contributed by atoms with Gasteiger partial charge >= 0.3 is 12.2 Å². The van der Waals surface area contributed by atoms with Gasteiger partial charge in [0.1, 0.15) is 21.2 Å². The second-order valence-corrected chi connectivity index (χ2v) is 15.5. The summed E-state index contributed by atoms with van der Waals surface area (Å²) in [4.78, 5) is 52.8. The van der Waals surface area contributed by atoms with Crippen LogP contribution < -0.4 is 15.5 Å². The molecule has 0 spiro atoms. The zero-order chi connectivity index (χ0) is 37.5. The van der Waals surface area contributed by atoms with Crippen LogP contribution in [-0.4, -0.2) is 39.5 Å². The Balaban J connectivity index is 1.60. The summed E-state index contributed by atoms with van der Waals surface area (Å²) in [7, 11) is 0. The number of amides is 4. The van der Waals surface area contributed by atoms with Gasteiger partial charge in [0, 0.05) is 16.6 Å². The maximum absolute atomic E-state index is 16.0. The van der Waals surface area contributed by atoms with Gasteiger partial charge in [-0.1, -0.05) is 23.2 Å². The third kappa shape index (κ3) is 8.76. The molecular weight excluding hydrogens is 740 g/mol. The van der Waals surface area contributed by atoms with Crippen molar-refractivity contribution in [1.29, 1.82) is 5.26 Å². The van der Waals surface area contributed by atoms with Gasteiger partial charge in [0.15, 0.2) is 11.6 Å². The predicted molar refractivity (Wildman–Crippen MR) is 186 cm³/mol. The topological polar surface area (TPSA) is 138 Å². The molecular formula is C34H30Cl4F2N4O6. The second-order valence-electron chi connectivity index (χ2n) is 13.2. The lowest BCUT2D eigenvalue weighted by atomic mass is 10.1. The number of carbonyl (C=O) groups excluding carboxylic acids is 4. The van der Waals surface area contributed by atoms with E-state index < -0.39 is 74.4 Å². The number of benzene rings is 3. The van der Waals surface area contributed by atoms with Crippen LogP contribution in [0.15, 0.2) is 48.5 Å². The number of anilines is 3. The molecule has 2 N–H and O–H groups in total. The predicted octanol–water partition coefficient (Wildman–Crippen LogP) is 9.60. The summed E-state index contributed by atoms with van der Waals surface area (Å²) in [5.41, 5.74) is -3.56. The van der Waals surface area contributed by atoms with Crippen molar-refractivity contribution in [3.8, 4) is 6.07 Å². The molecule has 0 heterocycles. The number of halogens is 6. The van der Waals surface area contributed by atoms with E-state index in [0.717, 1.165) is 12.1 Å². The summed E-state index contributed by atoms with van der Waals surface area (Å²) < 4.78 is 40.0. The van der Waals surface area contributed by atoms with Gasteiger partial charge < -0.3 is 20.1 Å². The summed E-state index contributed by atoms with van der Waals surface area (Å²) in [5.74, 6) is -6.13. The van der Waals surface area contributed by atoms with Crippen LogP contribution in [0.5, 0.6) is 0 Å². The van der Waals surface area contributed by atoms with Crippen molar-refractivity contribution in [2.45, 2.75) is 63.0 Å². The van der Waals surface area contributed by atoms with Gasteiger partial charge in [-0.15, -0.1) is 23.2 Å². The molecule has 3 aromatic rings. The lowest BCUT2D eigenvalue weighted by Gasteiger charge is -2.29. The van der Waals surface area contributed by atoms with E-state index in [2.05, 4.69) is 10.6 Å². The summed E-state index contributed by atoms with van der Waals surface area (Å²) in [6.45, 7) is 8.90. The molecule has 0 saturated heterocycles. The molecule has 10 nitrogen and oxygen atoms in total. The van der Waals surface area contributed by atoms with Crippen LogP contribution in [0.3, 0.4) is 0 Å². The highest BCUT2D eigenvalue weighted by Crippen LogP contribution is 2.65. The van der Waals surface area contributed by atoms with E-state index in [0.29, 0.717) is 5.56 Å². The van der Waals surface area contributed by atoms with Crippen LogP contribution in [0, 0.1) is 28.9 Å². The molecule has 264 valence electrons. The minimum absolute atomic E-state index is 0.0589. The van der Waals surface area contributed by atoms with Crippen molar-refractivity contribution in [2.75, 3.05) is 15.5 Å². The second kappa shape index (κ2) is 14.2. The summed E-state index contributed by atoms with van der Waals surface area (Å²) in [6.07, 6.45) is -2.87. The van der Waals surface area contributed by atoms with Crippen molar-refractivity contribution in [3.05, 3.63) is 86.9 Å². The smallest absolute Gasteiger partial charge is 0.424 e. The molecule has 4 rings (SSSR count). The zero-order valence-electron chi connectivity index (χ0n) is 27.4. The van der Waals surface area contributed by atoms with Crippen LogP contribution in [0.2, 0.25) is 10.0 Å². The number of nitrogens with one attached hydrogen (secondary N) is 2. The maximum Gasteiger partial charge on any atom is 0.424 e. The first kappa shape index (κ1) is 38.6. The molecule has 0 aliphatic heterocycles. The van der Waals surface area contributed by atoms with Crippen molar-refractivity contribution in [2.24, 2.45) is 5.92 Å². The van der Waals surface area contributed by atoms with Crippen molar-refractivity contribution >= 4 is 87.5 Å². The Bertz CT molecular complexity index is 1910. The maximum atomic E-state index is 16.0. The van der Waals surface area contributed by atoms with Crippen molar-refractivity contribution in [1.82, 2.24) is 0 Å². The number of hydrogen-bond acceptors (Lipinski definition) is 7. The molecule has 16 heteroatoms. The number of nitriles is 1. The van der Waals surface area contributed by atoms with Crippen LogP contribution in [-0.2, 0) is 14.3 Å². The quantitative estimate of drug-likeness (QED) is 0.238. The minimum atomic E-state index is -1.53. The highest BCUT2D eigenvalue weighted by atomic mass is 35.5. The highest BCUT2D eigenvalue weighted by Gasteiger charge is 2.67. The normalized spacial score (nSPS) is 16.5. The zero-order valence-corrected chi connectivity index (χ0v) is 30.4. The van der Waals surface area contributed by atoms with Crippen LogP contribution >= 0.6 is 46.4 Å². The Morgan fingerprint density at radius 1 is 0.880 bits per heavy atom. The first-order valence-corrected chi connectivity index (χ1v) is 16.3. The number of rotatable bonds is 6. The molecule has 50 heavy (non-hydrogen) atoms. The average Bonchev–Trinajstić information content (AvgIpc) is 3.57. The van der Waals surface area contributed by atoms with Gasteiger partial charge in [-0.3, -0.25) is 9.59 Å². The van der Waals surface area contributed by atoms with Gasteiger partial charge in [-0.05, 0) is 95.6 Å². The molecule has 0 aromatic heterocycles. The number of ether oxygens (including phenoxy) is 2. The standard InChI is InChI=1S/C34H30Cl4F2N4O6/c1-32(2,3)49-30(47)44(31(48)50-33(4,5)6)27-22(39)9-10-23(26(27)40)43-28(45)20-14-19(7-8-21(20)36)42-29(46)25-24(34(25,37)38)17-11-16(15-41)12-18(35)13-17/h7-14,24-25H,1-6H3,(H,42,46)(H,43,45). The average molecular weight is 770 g/mol. The fourth-order valence-electron chi connectivity index (χ4n) is 4.83. The van der Waals surface area contributed by atoms with E-state index in [-0.39, 0.29) is 31.8 Å². The van der Waals surface area contributed by atoms with E-state index in [4.69, 9.17) is 55.9 Å². The first-order chi connectivity index (χ1) is 23.0.